The molecule has 1 aromatic carbocycles. The Kier molecular flexibility index (Phi) is 4.70. The molecular weight excluding hydrogens is 418 g/mol. The second-order valence-electron chi connectivity index (χ2n) is 7.06. The van der Waals surface area contributed by atoms with Gasteiger partial charge < -0.3 is 11.5 Å². The Balaban J connectivity index is 1.73. The third-order valence-corrected chi connectivity index (χ3v) is 6.96. The first-order valence-corrected chi connectivity index (χ1v) is 10.4. The summed E-state index contributed by atoms with van der Waals surface area (Å²) in [6, 6.07) is 5.75. The number of sulfonamides is 1. The van der Waals surface area contributed by atoms with Crippen LogP contribution in [0.2, 0.25) is 0 Å². The van der Waals surface area contributed by atoms with E-state index in [1.807, 2.05) is 0 Å². The number of nitrogens with one attached hydrogen (secondary N) is 1. The number of alkyl halides is 2. The average Bonchev–Trinajstić information content (AvgIpc) is 3.21. The van der Waals surface area contributed by atoms with Crippen LogP contribution in [0.15, 0.2) is 35.2 Å². The number of fused-ring (bicyclic) bond motifs is 1. The van der Waals surface area contributed by atoms with Crippen LogP contribution in [0.4, 0.5) is 14.6 Å². The van der Waals surface area contributed by atoms with E-state index in [0.29, 0.717) is 32.2 Å². The minimum atomic E-state index is -4.36. The van der Waals surface area contributed by atoms with Gasteiger partial charge in [-0.3, -0.25) is 9.89 Å². The lowest BCUT2D eigenvalue weighted by Crippen LogP contribution is -2.47. The molecule has 158 valence electrons. The molecule has 0 saturated carbocycles. The molecule has 12 heteroatoms. The molecule has 4 rings (SSSR count). The Hall–Kier alpha value is -3.12. The van der Waals surface area contributed by atoms with E-state index in [1.54, 1.807) is 19.1 Å². The van der Waals surface area contributed by atoms with Crippen LogP contribution in [-0.4, -0.2) is 58.7 Å². The van der Waals surface area contributed by atoms with Crippen LogP contribution >= 0.6 is 0 Å². The zero-order chi connectivity index (χ0) is 21.8. The standard InChI is InChI=1S/C18H18F2N6O3S/c1-8-6-9(30(28,29)26-7-11(19)14(20)16(26)18(22)27)2-3-10(8)12-4-5-13-15(23-12)17(21)25-24-13/h2-6,11,14,16H,7H2,1H3,(H2,22,27)(H3,21,24,25). The van der Waals surface area contributed by atoms with E-state index < -0.39 is 40.9 Å². The van der Waals surface area contributed by atoms with Crippen LogP contribution < -0.4 is 11.5 Å². The number of anilines is 1. The van der Waals surface area contributed by atoms with Gasteiger partial charge in [0.1, 0.15) is 17.7 Å². The molecule has 3 unspecified atom stereocenters. The van der Waals surface area contributed by atoms with Gasteiger partial charge in [0.25, 0.3) is 0 Å². The highest BCUT2D eigenvalue weighted by Crippen LogP contribution is 2.32. The van der Waals surface area contributed by atoms with Gasteiger partial charge in [0, 0.05) is 12.1 Å². The first kappa shape index (κ1) is 20.2. The fraction of sp³-hybridized carbons (Fsp3) is 0.278. The molecule has 1 saturated heterocycles. The molecule has 5 N–H and O–H groups in total. The van der Waals surface area contributed by atoms with Crippen molar-refractivity contribution in [3.05, 3.63) is 35.9 Å². The molecule has 30 heavy (non-hydrogen) atoms. The summed E-state index contributed by atoms with van der Waals surface area (Å²) in [6.07, 6.45) is -4.44. The predicted molar refractivity (Wildman–Crippen MR) is 105 cm³/mol. The highest BCUT2D eigenvalue weighted by Gasteiger charge is 2.51. The van der Waals surface area contributed by atoms with Crippen molar-refractivity contribution in [2.75, 3.05) is 12.3 Å². The number of carbonyl (C=O) groups excluding carboxylic acids is 1. The fourth-order valence-electron chi connectivity index (χ4n) is 3.58. The number of H-pyrrole nitrogens is 1. The molecule has 1 aliphatic heterocycles. The second kappa shape index (κ2) is 6.99. The molecule has 3 aromatic rings. The maximum absolute atomic E-state index is 14.0. The second-order valence-corrected chi connectivity index (χ2v) is 8.95. The number of amides is 1. The first-order chi connectivity index (χ1) is 14.1. The highest BCUT2D eigenvalue weighted by molar-refractivity contribution is 7.89. The van der Waals surface area contributed by atoms with Gasteiger partial charge in [-0.2, -0.15) is 9.40 Å². The number of pyridine rings is 1. The largest absolute Gasteiger partial charge is 0.380 e. The van der Waals surface area contributed by atoms with Gasteiger partial charge in [0.15, 0.2) is 12.0 Å². The van der Waals surface area contributed by atoms with Crippen LogP contribution in [0.25, 0.3) is 22.3 Å². The molecule has 1 fully saturated rings. The molecule has 0 aliphatic carbocycles. The number of primary amides is 1. The van der Waals surface area contributed by atoms with Crippen LogP contribution in [0.5, 0.6) is 0 Å². The molecule has 0 spiro atoms. The predicted octanol–water partition coefficient (Wildman–Crippen LogP) is 1.05. The van der Waals surface area contributed by atoms with Gasteiger partial charge in [0.2, 0.25) is 15.9 Å². The Labute approximate surface area is 170 Å². The quantitative estimate of drug-likeness (QED) is 0.557. The molecular formula is C18H18F2N6O3S. The number of nitrogens with zero attached hydrogens (tertiary/aromatic N) is 3. The molecule has 1 amide bonds. The molecule has 9 nitrogen and oxygen atoms in total. The number of hydrogen-bond donors (Lipinski definition) is 3. The molecule has 1 aliphatic rings. The highest BCUT2D eigenvalue weighted by atomic mass is 32.2. The van der Waals surface area contributed by atoms with Crippen molar-refractivity contribution >= 4 is 32.8 Å². The van der Waals surface area contributed by atoms with Crippen molar-refractivity contribution in [2.45, 2.75) is 30.2 Å². The number of aromatic nitrogens is 3. The Bertz CT molecular complexity index is 1260. The number of nitrogens with two attached hydrogens (primary N) is 2. The smallest absolute Gasteiger partial charge is 0.244 e. The average molecular weight is 436 g/mol. The molecule has 3 heterocycles. The van der Waals surface area contributed by atoms with Gasteiger partial charge in [-0.25, -0.2) is 22.2 Å². The minimum Gasteiger partial charge on any atom is -0.380 e. The lowest BCUT2D eigenvalue weighted by molar-refractivity contribution is -0.122. The first-order valence-electron chi connectivity index (χ1n) is 8.92. The fourth-order valence-corrected chi connectivity index (χ4v) is 5.27. The van der Waals surface area contributed by atoms with Crippen LogP contribution in [-0.2, 0) is 14.8 Å². The van der Waals surface area contributed by atoms with E-state index in [9.17, 15) is 22.0 Å². The van der Waals surface area contributed by atoms with Crippen molar-refractivity contribution in [1.82, 2.24) is 19.5 Å². The zero-order valence-electron chi connectivity index (χ0n) is 15.7. The van der Waals surface area contributed by atoms with Gasteiger partial charge in [-0.1, -0.05) is 6.07 Å². The third-order valence-electron chi connectivity index (χ3n) is 5.12. The van der Waals surface area contributed by atoms with Crippen LogP contribution in [0.1, 0.15) is 5.56 Å². The number of halogens is 2. The summed E-state index contributed by atoms with van der Waals surface area (Å²) in [6.45, 7) is 0.889. The number of aromatic amines is 1. The van der Waals surface area contributed by atoms with Crippen LogP contribution in [0, 0.1) is 6.92 Å². The zero-order valence-corrected chi connectivity index (χ0v) is 16.5. The number of aryl methyl sites for hydroxylation is 1. The van der Waals surface area contributed by atoms with Crippen LogP contribution in [0.3, 0.4) is 0 Å². The van der Waals surface area contributed by atoms with E-state index in [4.69, 9.17) is 11.5 Å². The SMILES string of the molecule is Cc1cc(S(=O)(=O)N2CC(F)C(F)C2C(N)=O)ccc1-c1ccc2[nH]nc(N)c2n1. The lowest BCUT2D eigenvalue weighted by Gasteiger charge is -2.22. The van der Waals surface area contributed by atoms with E-state index in [-0.39, 0.29) is 10.7 Å². The Morgan fingerprint density at radius 3 is 2.67 bits per heavy atom. The lowest BCUT2D eigenvalue weighted by atomic mass is 10.1. The number of rotatable bonds is 4. The van der Waals surface area contributed by atoms with Crippen molar-refractivity contribution in [2.24, 2.45) is 5.73 Å². The van der Waals surface area contributed by atoms with Gasteiger partial charge in [-0.05, 0) is 36.8 Å². The van der Waals surface area contributed by atoms with Crippen molar-refractivity contribution in [3.63, 3.8) is 0 Å². The Morgan fingerprint density at radius 2 is 2.00 bits per heavy atom. The summed E-state index contributed by atoms with van der Waals surface area (Å²) in [5.74, 6) is -1.01. The number of hydrogen-bond acceptors (Lipinski definition) is 6. The van der Waals surface area contributed by atoms with Crippen molar-refractivity contribution < 1.29 is 22.0 Å². The van der Waals surface area contributed by atoms with E-state index in [2.05, 4.69) is 15.2 Å². The summed E-state index contributed by atoms with van der Waals surface area (Å²) in [4.78, 5) is 15.8. The summed E-state index contributed by atoms with van der Waals surface area (Å²) in [7, 11) is -4.36. The monoisotopic (exact) mass is 436 g/mol. The molecule has 3 atom stereocenters. The van der Waals surface area contributed by atoms with Crippen molar-refractivity contribution in [1.29, 1.82) is 0 Å². The molecule has 2 aromatic heterocycles. The molecule has 0 radical (unpaired) electrons. The van der Waals surface area contributed by atoms with E-state index in [0.717, 1.165) is 0 Å². The Morgan fingerprint density at radius 1 is 1.27 bits per heavy atom. The van der Waals surface area contributed by atoms with E-state index in [1.165, 1.54) is 18.2 Å². The number of carbonyl (C=O) groups is 1. The normalized spacial score (nSPS) is 22.6. The molecule has 0 bridgehead atoms. The maximum Gasteiger partial charge on any atom is 0.244 e. The summed E-state index contributed by atoms with van der Waals surface area (Å²) in [5, 5.41) is 6.62. The van der Waals surface area contributed by atoms with Gasteiger partial charge in [0.05, 0.1) is 16.1 Å². The minimum absolute atomic E-state index is 0.208. The van der Waals surface area contributed by atoms with Gasteiger partial charge in [-0.15, -0.1) is 0 Å². The van der Waals surface area contributed by atoms with Crippen molar-refractivity contribution in [3.8, 4) is 11.3 Å². The topological polar surface area (TPSA) is 148 Å². The third kappa shape index (κ3) is 3.08. The maximum atomic E-state index is 14.0. The summed E-state index contributed by atoms with van der Waals surface area (Å²) in [5.41, 5.74) is 13.8. The van der Waals surface area contributed by atoms with Gasteiger partial charge >= 0.3 is 0 Å². The number of benzene rings is 1. The number of nitrogen functional groups attached to an aromatic ring is 1. The summed E-state index contributed by atoms with van der Waals surface area (Å²) < 4.78 is 54.2. The van der Waals surface area contributed by atoms with E-state index >= 15 is 0 Å². The summed E-state index contributed by atoms with van der Waals surface area (Å²) >= 11 is 0.